The summed E-state index contributed by atoms with van der Waals surface area (Å²) in [6.07, 6.45) is 2.51. The zero-order valence-corrected chi connectivity index (χ0v) is 19.9. The van der Waals surface area contributed by atoms with Crippen LogP contribution in [-0.2, 0) is 0 Å². The number of rotatable bonds is 9. The van der Waals surface area contributed by atoms with Crippen molar-refractivity contribution >= 4 is 34.3 Å². The highest BCUT2D eigenvalue weighted by atomic mass is 32.1. The van der Waals surface area contributed by atoms with Gasteiger partial charge in [0.05, 0.1) is 18.5 Å². The highest BCUT2D eigenvalue weighted by Crippen LogP contribution is 2.27. The molecule has 4 aromatic rings. The van der Waals surface area contributed by atoms with Crippen molar-refractivity contribution in [1.82, 2.24) is 10.4 Å². The van der Waals surface area contributed by atoms with Crippen LogP contribution in [0.4, 0.5) is 10.8 Å². The van der Waals surface area contributed by atoms with Gasteiger partial charge in [0, 0.05) is 27.8 Å². The Hall–Kier alpha value is -3.97. The maximum Gasteiger partial charge on any atom is 0.271 e. The van der Waals surface area contributed by atoms with E-state index in [1.165, 1.54) is 16.9 Å². The number of nitrogens with one attached hydrogen (secondary N) is 2. The van der Waals surface area contributed by atoms with E-state index < -0.39 is 0 Å². The van der Waals surface area contributed by atoms with Gasteiger partial charge in [-0.2, -0.15) is 5.10 Å². The highest BCUT2D eigenvalue weighted by Gasteiger charge is 2.08. The van der Waals surface area contributed by atoms with Gasteiger partial charge in [0.1, 0.15) is 5.75 Å². The Balaban J connectivity index is 1.36. The number of aromatic nitrogens is 1. The third-order valence-electron chi connectivity index (χ3n) is 5.00. The number of aryl methyl sites for hydroxylation is 1. The molecule has 0 atom stereocenters. The van der Waals surface area contributed by atoms with E-state index in [1.807, 2.05) is 53.9 Å². The molecule has 0 bridgehead atoms. The fourth-order valence-corrected chi connectivity index (χ4v) is 3.91. The van der Waals surface area contributed by atoms with Crippen molar-refractivity contribution in [2.75, 3.05) is 11.9 Å². The summed E-state index contributed by atoms with van der Waals surface area (Å²) in [6, 6.07) is 23.1. The fourth-order valence-electron chi connectivity index (χ4n) is 3.17. The van der Waals surface area contributed by atoms with Crippen LogP contribution < -0.4 is 15.5 Å². The number of anilines is 2. The summed E-state index contributed by atoms with van der Waals surface area (Å²) in [5.41, 5.74) is 7.91. The molecule has 0 saturated heterocycles. The molecule has 7 heteroatoms. The Labute approximate surface area is 203 Å². The van der Waals surface area contributed by atoms with Crippen LogP contribution in [0.5, 0.6) is 5.75 Å². The largest absolute Gasteiger partial charge is 0.493 e. The zero-order valence-electron chi connectivity index (χ0n) is 19.1. The monoisotopic (exact) mass is 470 g/mol. The van der Waals surface area contributed by atoms with Gasteiger partial charge in [-0.15, -0.1) is 11.3 Å². The second-order valence-corrected chi connectivity index (χ2v) is 8.55. The zero-order chi connectivity index (χ0) is 23.8. The number of benzene rings is 3. The molecular formula is C27H26N4O2S. The standard InChI is InChI=1S/C27H26N4O2S/c1-3-16-33-25-7-5-4-6-22(25)17-28-31-26(32)21-12-10-20(11-13-21)24-18-34-27(30-24)29-23-14-8-19(2)9-15-23/h4-15,17-18H,3,16H2,1-2H3,(H,29,30)(H,31,32)/b28-17-. The smallest absolute Gasteiger partial charge is 0.271 e. The van der Waals surface area contributed by atoms with Crippen molar-refractivity contribution in [3.05, 3.63) is 94.9 Å². The third kappa shape index (κ3) is 6.08. The van der Waals surface area contributed by atoms with E-state index in [0.717, 1.165) is 39.8 Å². The normalized spacial score (nSPS) is 10.9. The van der Waals surface area contributed by atoms with Crippen molar-refractivity contribution in [3.8, 4) is 17.0 Å². The first kappa shape index (κ1) is 23.2. The number of ether oxygens (including phenoxy) is 1. The second kappa shape index (κ2) is 11.2. The predicted octanol–water partition coefficient (Wildman–Crippen LogP) is 6.41. The molecule has 1 amide bonds. The minimum atomic E-state index is -0.283. The van der Waals surface area contributed by atoms with Crippen LogP contribution in [0, 0.1) is 6.92 Å². The van der Waals surface area contributed by atoms with E-state index in [0.29, 0.717) is 12.2 Å². The van der Waals surface area contributed by atoms with Gasteiger partial charge in [0.25, 0.3) is 5.91 Å². The number of hydrogen-bond donors (Lipinski definition) is 2. The van der Waals surface area contributed by atoms with Gasteiger partial charge in [-0.1, -0.05) is 48.9 Å². The number of nitrogens with zero attached hydrogens (tertiary/aromatic N) is 2. The molecular weight excluding hydrogens is 444 g/mol. The lowest BCUT2D eigenvalue weighted by Crippen LogP contribution is -2.17. The molecule has 6 nitrogen and oxygen atoms in total. The van der Waals surface area contributed by atoms with Crippen LogP contribution in [0.25, 0.3) is 11.3 Å². The summed E-state index contributed by atoms with van der Waals surface area (Å²) in [6.45, 7) is 4.74. The Morgan fingerprint density at radius 3 is 2.59 bits per heavy atom. The second-order valence-electron chi connectivity index (χ2n) is 7.69. The van der Waals surface area contributed by atoms with Gasteiger partial charge >= 0.3 is 0 Å². The van der Waals surface area contributed by atoms with Crippen molar-refractivity contribution in [2.24, 2.45) is 5.10 Å². The molecule has 0 aliphatic rings. The summed E-state index contributed by atoms with van der Waals surface area (Å²) in [7, 11) is 0. The van der Waals surface area contributed by atoms with Crippen molar-refractivity contribution in [1.29, 1.82) is 0 Å². The number of hydrazone groups is 1. The van der Waals surface area contributed by atoms with Crippen molar-refractivity contribution in [3.63, 3.8) is 0 Å². The van der Waals surface area contributed by atoms with Gasteiger partial charge < -0.3 is 10.1 Å². The van der Waals surface area contributed by atoms with E-state index in [2.05, 4.69) is 46.8 Å². The molecule has 0 radical (unpaired) electrons. The first-order valence-electron chi connectivity index (χ1n) is 11.1. The molecule has 2 N–H and O–H groups in total. The van der Waals surface area contributed by atoms with E-state index >= 15 is 0 Å². The Morgan fingerprint density at radius 2 is 1.82 bits per heavy atom. The highest BCUT2D eigenvalue weighted by molar-refractivity contribution is 7.14. The number of carbonyl (C=O) groups is 1. The minimum Gasteiger partial charge on any atom is -0.493 e. The molecule has 0 saturated carbocycles. The van der Waals surface area contributed by atoms with Crippen LogP contribution in [0.15, 0.2) is 83.3 Å². The van der Waals surface area contributed by atoms with Crippen molar-refractivity contribution < 1.29 is 9.53 Å². The molecule has 0 aliphatic heterocycles. The quantitative estimate of drug-likeness (QED) is 0.219. The maximum absolute atomic E-state index is 12.5. The summed E-state index contributed by atoms with van der Waals surface area (Å²) < 4.78 is 5.71. The first-order chi connectivity index (χ1) is 16.6. The van der Waals surface area contributed by atoms with E-state index in [4.69, 9.17) is 4.74 Å². The Morgan fingerprint density at radius 1 is 1.06 bits per heavy atom. The van der Waals surface area contributed by atoms with Crippen LogP contribution >= 0.6 is 11.3 Å². The van der Waals surface area contributed by atoms with Gasteiger partial charge in [0.2, 0.25) is 0 Å². The summed E-state index contributed by atoms with van der Waals surface area (Å²) in [5.74, 6) is 0.459. The summed E-state index contributed by atoms with van der Waals surface area (Å²) in [4.78, 5) is 17.1. The van der Waals surface area contributed by atoms with Crippen LogP contribution in [0.1, 0.15) is 34.8 Å². The average Bonchev–Trinajstić information content (AvgIpc) is 3.33. The Kier molecular flexibility index (Phi) is 7.67. The molecule has 3 aromatic carbocycles. The fraction of sp³-hybridized carbons (Fsp3) is 0.148. The molecule has 0 aliphatic carbocycles. The number of thiazole rings is 1. The van der Waals surface area contributed by atoms with Gasteiger partial charge in [-0.05, 0) is 49.7 Å². The van der Waals surface area contributed by atoms with E-state index in [1.54, 1.807) is 18.3 Å². The topological polar surface area (TPSA) is 75.6 Å². The molecule has 172 valence electrons. The van der Waals surface area contributed by atoms with E-state index in [-0.39, 0.29) is 5.91 Å². The molecule has 34 heavy (non-hydrogen) atoms. The van der Waals surface area contributed by atoms with Crippen molar-refractivity contribution in [2.45, 2.75) is 20.3 Å². The number of carbonyl (C=O) groups excluding carboxylic acids is 1. The molecule has 0 spiro atoms. The molecule has 1 aromatic heterocycles. The first-order valence-corrected chi connectivity index (χ1v) is 11.9. The predicted molar refractivity (Wildman–Crippen MR) is 139 cm³/mol. The molecule has 0 unspecified atom stereocenters. The van der Waals surface area contributed by atoms with Crippen LogP contribution in [-0.4, -0.2) is 23.7 Å². The van der Waals surface area contributed by atoms with Crippen LogP contribution in [0.2, 0.25) is 0 Å². The number of amides is 1. The lowest BCUT2D eigenvalue weighted by molar-refractivity contribution is 0.0955. The number of para-hydroxylation sites is 1. The molecule has 1 heterocycles. The lowest BCUT2D eigenvalue weighted by Gasteiger charge is -2.07. The molecule has 4 rings (SSSR count). The van der Waals surface area contributed by atoms with E-state index in [9.17, 15) is 4.79 Å². The van der Waals surface area contributed by atoms with Gasteiger partial charge in [-0.25, -0.2) is 10.4 Å². The van der Waals surface area contributed by atoms with Crippen LogP contribution in [0.3, 0.4) is 0 Å². The minimum absolute atomic E-state index is 0.283. The van der Waals surface area contributed by atoms with Gasteiger partial charge in [0.15, 0.2) is 5.13 Å². The maximum atomic E-state index is 12.5. The molecule has 0 fully saturated rings. The summed E-state index contributed by atoms with van der Waals surface area (Å²) in [5, 5.41) is 10.2. The Bertz CT molecular complexity index is 1260. The number of hydrogen-bond acceptors (Lipinski definition) is 6. The lowest BCUT2D eigenvalue weighted by atomic mass is 10.1. The SMILES string of the molecule is CCCOc1ccccc1/C=N\NC(=O)c1ccc(-c2csc(Nc3ccc(C)cc3)n2)cc1. The third-order valence-corrected chi connectivity index (χ3v) is 5.76. The summed E-state index contributed by atoms with van der Waals surface area (Å²) >= 11 is 1.54. The van der Waals surface area contributed by atoms with Gasteiger partial charge in [-0.3, -0.25) is 4.79 Å². The average molecular weight is 471 g/mol.